The van der Waals surface area contributed by atoms with E-state index in [9.17, 15) is 0 Å². The molecule has 2 aliphatic heterocycles. The summed E-state index contributed by atoms with van der Waals surface area (Å²) < 4.78 is 2.10. The van der Waals surface area contributed by atoms with Gasteiger partial charge >= 0.3 is 0 Å². The van der Waals surface area contributed by atoms with Gasteiger partial charge in [-0.25, -0.2) is 4.98 Å². The minimum absolute atomic E-state index is 0.146. The lowest BCUT2D eigenvalue weighted by Crippen LogP contribution is -2.44. The monoisotopic (exact) mass is 434 g/mol. The molecule has 0 bridgehead atoms. The van der Waals surface area contributed by atoms with Gasteiger partial charge in [-0.05, 0) is 23.3 Å². The fraction of sp³-hybridized carbons (Fsp3) is 0.0476. The van der Waals surface area contributed by atoms with Crippen LogP contribution in [0, 0.1) is 0 Å². The van der Waals surface area contributed by atoms with Gasteiger partial charge in [0.25, 0.3) is 11.8 Å². The third-order valence-corrected chi connectivity index (χ3v) is 6.27. The van der Waals surface area contributed by atoms with E-state index in [2.05, 4.69) is 20.3 Å². The molecular weight excluding hydrogens is 418 g/mol. The highest BCUT2D eigenvalue weighted by Crippen LogP contribution is 2.35. The molecule has 9 heteroatoms. The quantitative estimate of drug-likeness (QED) is 0.595. The Bertz CT molecular complexity index is 1230. The van der Waals surface area contributed by atoms with Crippen LogP contribution in [0.3, 0.4) is 0 Å². The number of para-hydroxylation sites is 1. The summed E-state index contributed by atoms with van der Waals surface area (Å²) in [6.45, 7) is 0. The standard InChI is InChI=1S/C21H17ClN7S/c1-28-11-9-24-21(28)30-18-8-7-15(13-17(18)22)25-20-26-19-14-23-10-12-29(19,27-20)16-5-3-2-4-6-16/h2-14H,1H3,(H,25,27)/q+1. The molecule has 2 aliphatic rings. The van der Waals surface area contributed by atoms with Gasteiger partial charge in [0, 0.05) is 42.2 Å². The normalized spacial score (nSPS) is 19.4. The van der Waals surface area contributed by atoms with Crippen LogP contribution in [0.5, 0.6) is 0 Å². The van der Waals surface area contributed by atoms with Gasteiger partial charge in [0.2, 0.25) is 0 Å². The number of aliphatic imine (C=N–C) groups is 2. The molecular formula is C21H17ClN7S+. The zero-order valence-corrected chi connectivity index (χ0v) is 17.5. The lowest BCUT2D eigenvalue weighted by Gasteiger charge is -2.23. The van der Waals surface area contributed by atoms with Gasteiger partial charge in [0.1, 0.15) is 6.21 Å². The van der Waals surface area contributed by atoms with E-state index in [-0.39, 0.29) is 4.59 Å². The van der Waals surface area contributed by atoms with Crippen molar-refractivity contribution in [2.45, 2.75) is 10.1 Å². The van der Waals surface area contributed by atoms with Crippen molar-refractivity contribution in [1.82, 2.24) is 14.1 Å². The number of fused-ring (bicyclic) bond motifs is 1. The van der Waals surface area contributed by atoms with E-state index >= 15 is 0 Å². The van der Waals surface area contributed by atoms with E-state index in [0.717, 1.165) is 27.3 Å². The largest absolute Gasteiger partial charge is 0.329 e. The molecule has 7 nitrogen and oxygen atoms in total. The molecule has 0 saturated heterocycles. The smallest absolute Gasteiger partial charge is 0.287 e. The van der Waals surface area contributed by atoms with Crippen molar-refractivity contribution in [2.24, 2.45) is 22.1 Å². The van der Waals surface area contributed by atoms with Gasteiger partial charge in [0.05, 0.1) is 11.2 Å². The highest BCUT2D eigenvalue weighted by molar-refractivity contribution is 7.99. The average Bonchev–Trinajstić information content (AvgIpc) is 3.34. The highest BCUT2D eigenvalue weighted by Gasteiger charge is 2.42. The average molecular weight is 435 g/mol. The molecule has 0 amide bonds. The molecule has 3 heterocycles. The van der Waals surface area contributed by atoms with Crippen molar-refractivity contribution in [3.05, 3.63) is 78.3 Å². The molecule has 3 aromatic rings. The number of benzene rings is 2. The Hall–Kier alpha value is -3.20. The third kappa shape index (κ3) is 3.35. The first-order valence-corrected chi connectivity index (χ1v) is 10.4. The fourth-order valence-corrected chi connectivity index (χ4v) is 4.31. The first-order valence-electron chi connectivity index (χ1n) is 9.20. The SMILES string of the molecule is Cn1ccnc1Sc1ccc(NC2=N[N+]3(c4ccccc4)C=CN=CC3=N2)cc1Cl. The van der Waals surface area contributed by atoms with Crippen molar-refractivity contribution in [2.75, 3.05) is 5.32 Å². The number of anilines is 1. The van der Waals surface area contributed by atoms with Gasteiger partial charge < -0.3 is 9.88 Å². The Morgan fingerprint density at radius 2 is 2.00 bits per heavy atom. The molecule has 5 rings (SSSR count). The van der Waals surface area contributed by atoms with E-state index in [4.69, 9.17) is 16.7 Å². The van der Waals surface area contributed by atoms with Crippen LogP contribution < -0.4 is 9.91 Å². The molecule has 0 aliphatic carbocycles. The summed E-state index contributed by atoms with van der Waals surface area (Å²) in [7, 11) is 1.95. The number of nitrogens with zero attached hydrogens (tertiary/aromatic N) is 6. The molecule has 0 spiro atoms. The predicted molar refractivity (Wildman–Crippen MR) is 123 cm³/mol. The number of halogens is 1. The van der Waals surface area contributed by atoms with Crippen LogP contribution in [0.25, 0.3) is 0 Å². The van der Waals surface area contributed by atoms with Crippen LogP contribution >= 0.6 is 23.4 Å². The van der Waals surface area contributed by atoms with Crippen molar-refractivity contribution in [3.63, 3.8) is 0 Å². The number of aromatic nitrogens is 2. The van der Waals surface area contributed by atoms with Crippen LogP contribution in [-0.4, -0.2) is 27.6 Å². The van der Waals surface area contributed by atoms with Crippen molar-refractivity contribution < 1.29 is 0 Å². The number of quaternary nitrogens is 1. The molecule has 1 aromatic heterocycles. The fourth-order valence-electron chi connectivity index (χ4n) is 3.20. The second-order valence-corrected chi connectivity index (χ2v) is 8.10. The topological polar surface area (TPSA) is 66.9 Å². The lowest BCUT2D eigenvalue weighted by atomic mass is 10.2. The van der Waals surface area contributed by atoms with Crippen LogP contribution in [0.2, 0.25) is 5.02 Å². The first kappa shape index (κ1) is 18.8. The minimum Gasteiger partial charge on any atom is -0.329 e. The number of nitrogens with one attached hydrogen (secondary N) is 1. The van der Waals surface area contributed by atoms with Crippen LogP contribution in [0.15, 0.2) is 98.5 Å². The Balaban J connectivity index is 1.42. The maximum atomic E-state index is 6.52. The second kappa shape index (κ2) is 7.56. The molecule has 148 valence electrons. The number of hydrogen-bond acceptors (Lipinski definition) is 6. The molecule has 2 aromatic carbocycles. The van der Waals surface area contributed by atoms with Crippen molar-refractivity contribution in [3.8, 4) is 0 Å². The Kier molecular flexibility index (Phi) is 4.74. The molecule has 1 unspecified atom stereocenters. The Labute approximate surface area is 182 Å². The third-order valence-electron chi connectivity index (χ3n) is 4.70. The summed E-state index contributed by atoms with van der Waals surface area (Å²) in [6, 6.07) is 15.8. The summed E-state index contributed by atoms with van der Waals surface area (Å²) in [5, 5.41) is 9.60. The molecule has 1 atom stereocenters. The van der Waals surface area contributed by atoms with Crippen LogP contribution in [-0.2, 0) is 7.05 Å². The Morgan fingerprint density at radius 3 is 2.77 bits per heavy atom. The second-order valence-electron chi connectivity index (χ2n) is 6.68. The molecule has 0 radical (unpaired) electrons. The number of rotatable bonds is 4. The van der Waals surface area contributed by atoms with Gasteiger partial charge in [-0.15, -0.1) is 0 Å². The Morgan fingerprint density at radius 1 is 1.13 bits per heavy atom. The van der Waals surface area contributed by atoms with E-state index in [1.54, 1.807) is 18.6 Å². The summed E-state index contributed by atoms with van der Waals surface area (Å²) >= 11 is 8.04. The summed E-state index contributed by atoms with van der Waals surface area (Å²) in [4.78, 5) is 14.1. The zero-order valence-electron chi connectivity index (χ0n) is 16.0. The minimum atomic E-state index is 0.146. The molecule has 0 saturated carbocycles. The van der Waals surface area contributed by atoms with Gasteiger partial charge in [-0.1, -0.05) is 46.2 Å². The van der Waals surface area contributed by atoms with E-state index in [1.807, 2.05) is 72.5 Å². The zero-order chi connectivity index (χ0) is 20.6. The molecule has 1 N–H and O–H groups in total. The summed E-state index contributed by atoms with van der Waals surface area (Å²) in [6.07, 6.45) is 9.04. The van der Waals surface area contributed by atoms with Crippen molar-refractivity contribution in [1.29, 1.82) is 0 Å². The maximum absolute atomic E-state index is 6.52. The van der Waals surface area contributed by atoms with E-state index in [0.29, 0.717) is 11.0 Å². The van der Waals surface area contributed by atoms with Crippen LogP contribution in [0.4, 0.5) is 11.4 Å². The van der Waals surface area contributed by atoms with Gasteiger partial charge in [-0.2, -0.15) is 4.99 Å². The number of hydrogen-bond donors (Lipinski definition) is 1. The van der Waals surface area contributed by atoms with E-state index < -0.39 is 0 Å². The number of guanidine groups is 1. The lowest BCUT2D eigenvalue weighted by molar-refractivity contribution is 0.592. The van der Waals surface area contributed by atoms with Crippen molar-refractivity contribution >= 4 is 52.7 Å². The molecule has 0 fully saturated rings. The first-order chi connectivity index (χ1) is 14.6. The predicted octanol–water partition coefficient (Wildman–Crippen LogP) is 4.88. The summed E-state index contributed by atoms with van der Waals surface area (Å²) in [5.41, 5.74) is 1.79. The highest BCUT2D eigenvalue weighted by atomic mass is 35.5. The maximum Gasteiger partial charge on any atom is 0.287 e. The van der Waals surface area contributed by atoms with Gasteiger partial charge in [-0.3, -0.25) is 4.99 Å². The summed E-state index contributed by atoms with van der Waals surface area (Å²) in [5.74, 6) is 1.21. The molecule has 30 heavy (non-hydrogen) atoms. The number of amidine groups is 1. The van der Waals surface area contributed by atoms with E-state index in [1.165, 1.54) is 11.8 Å². The van der Waals surface area contributed by atoms with Crippen LogP contribution in [0.1, 0.15) is 0 Å². The number of aryl methyl sites for hydroxylation is 1. The van der Waals surface area contributed by atoms with Gasteiger partial charge in [0.15, 0.2) is 17.0 Å². The number of imidazole rings is 1.